The summed E-state index contributed by atoms with van der Waals surface area (Å²) >= 11 is 0. The first kappa shape index (κ1) is 26.0. The van der Waals surface area contributed by atoms with Crippen molar-refractivity contribution in [1.82, 2.24) is 14.5 Å². The maximum atomic E-state index is 11.1. The predicted octanol–water partition coefficient (Wildman–Crippen LogP) is 5.11. The number of aliphatic hydroxyl groups is 1. The Balaban J connectivity index is 1.37. The molecule has 2 aromatic heterocycles. The van der Waals surface area contributed by atoms with Gasteiger partial charge in [0.2, 0.25) is 0 Å². The summed E-state index contributed by atoms with van der Waals surface area (Å²) in [7, 11) is 3.29. The van der Waals surface area contributed by atoms with Crippen LogP contribution in [-0.2, 0) is 15.1 Å². The third-order valence-corrected chi connectivity index (χ3v) is 7.48. The van der Waals surface area contributed by atoms with E-state index in [1.807, 2.05) is 95.6 Å². The van der Waals surface area contributed by atoms with Crippen LogP contribution in [0.15, 0.2) is 104 Å². The lowest BCUT2D eigenvalue weighted by Gasteiger charge is -2.37. The van der Waals surface area contributed by atoms with Gasteiger partial charge >= 0.3 is 0 Å². The fourth-order valence-corrected chi connectivity index (χ4v) is 5.40. The Hall–Kier alpha value is -4.24. The second-order valence-corrected chi connectivity index (χ2v) is 9.75. The Morgan fingerprint density at radius 2 is 1.45 bits per heavy atom. The SMILES string of the molecule is COc1ccc(C(OC[C@H]2O[C@@H](n3cnc4cccnc43)C[C@@H]2O)(c2ccccc2)c2ccc(OC)cc2)cc1. The van der Waals surface area contributed by atoms with Crippen LogP contribution in [0.5, 0.6) is 11.5 Å². The van der Waals surface area contributed by atoms with Gasteiger partial charge in [0.25, 0.3) is 0 Å². The summed E-state index contributed by atoms with van der Waals surface area (Å²) in [5, 5.41) is 11.1. The molecular weight excluding hydrogens is 506 g/mol. The number of aromatic nitrogens is 3. The van der Waals surface area contributed by atoms with Gasteiger partial charge in [-0.25, -0.2) is 9.97 Å². The molecule has 1 aliphatic heterocycles. The van der Waals surface area contributed by atoms with Crippen LogP contribution in [0, 0.1) is 0 Å². The van der Waals surface area contributed by atoms with Crippen LogP contribution in [0.3, 0.4) is 0 Å². The smallest absolute Gasteiger partial charge is 0.161 e. The zero-order valence-electron chi connectivity index (χ0n) is 22.4. The van der Waals surface area contributed by atoms with Crippen LogP contribution >= 0.6 is 0 Å². The number of hydrogen-bond donors (Lipinski definition) is 1. The molecule has 204 valence electrons. The number of nitrogens with zero attached hydrogens (tertiary/aromatic N) is 3. The number of imidazole rings is 1. The topological polar surface area (TPSA) is 87.9 Å². The summed E-state index contributed by atoms with van der Waals surface area (Å²) in [5.74, 6) is 1.50. The van der Waals surface area contributed by atoms with Crippen LogP contribution < -0.4 is 9.47 Å². The molecule has 5 aromatic rings. The van der Waals surface area contributed by atoms with E-state index in [9.17, 15) is 5.11 Å². The Kier molecular flexibility index (Phi) is 7.21. The number of rotatable bonds is 9. The molecule has 0 aliphatic carbocycles. The Morgan fingerprint density at radius 3 is 2.08 bits per heavy atom. The molecule has 1 N–H and O–H groups in total. The Labute approximate surface area is 232 Å². The first-order chi connectivity index (χ1) is 19.6. The van der Waals surface area contributed by atoms with E-state index in [2.05, 4.69) is 9.97 Å². The summed E-state index contributed by atoms with van der Waals surface area (Å²) in [4.78, 5) is 8.89. The largest absolute Gasteiger partial charge is 0.497 e. The summed E-state index contributed by atoms with van der Waals surface area (Å²) in [6.07, 6.45) is 2.14. The number of fused-ring (bicyclic) bond motifs is 1. The highest BCUT2D eigenvalue weighted by Crippen LogP contribution is 2.43. The van der Waals surface area contributed by atoms with Crippen LogP contribution in [0.1, 0.15) is 29.3 Å². The Bertz CT molecular complexity index is 1510. The van der Waals surface area contributed by atoms with Gasteiger partial charge in [-0.1, -0.05) is 54.6 Å². The number of methoxy groups -OCH3 is 2. The Morgan fingerprint density at radius 1 is 0.825 bits per heavy atom. The van der Waals surface area contributed by atoms with Crippen LogP contribution in [0.4, 0.5) is 0 Å². The van der Waals surface area contributed by atoms with Gasteiger partial charge in [0.1, 0.15) is 34.9 Å². The average Bonchev–Trinajstić information content (AvgIpc) is 3.61. The molecule has 0 amide bonds. The molecule has 3 aromatic carbocycles. The van der Waals surface area contributed by atoms with Gasteiger partial charge in [-0.2, -0.15) is 0 Å². The monoisotopic (exact) mass is 537 g/mol. The molecular formula is C32H31N3O5. The minimum atomic E-state index is -0.996. The first-order valence-electron chi connectivity index (χ1n) is 13.2. The molecule has 6 rings (SSSR count). The number of hydrogen-bond acceptors (Lipinski definition) is 7. The van der Waals surface area contributed by atoms with Crippen LogP contribution in [-0.4, -0.2) is 52.7 Å². The fourth-order valence-electron chi connectivity index (χ4n) is 5.40. The van der Waals surface area contributed by atoms with E-state index < -0.39 is 24.0 Å². The van der Waals surface area contributed by atoms with Gasteiger partial charge in [-0.05, 0) is 53.1 Å². The molecule has 1 saturated heterocycles. The summed E-state index contributed by atoms with van der Waals surface area (Å²) in [5.41, 5.74) is 3.28. The molecule has 1 fully saturated rings. The van der Waals surface area contributed by atoms with Crippen molar-refractivity contribution in [2.24, 2.45) is 0 Å². The fraction of sp³-hybridized carbons (Fsp3) is 0.250. The van der Waals surface area contributed by atoms with Crippen molar-refractivity contribution in [2.75, 3.05) is 20.8 Å². The number of benzene rings is 3. The summed E-state index contributed by atoms with van der Waals surface area (Å²) < 4.78 is 26.0. The molecule has 40 heavy (non-hydrogen) atoms. The van der Waals surface area contributed by atoms with Gasteiger partial charge in [-0.3, -0.25) is 4.57 Å². The molecule has 0 bridgehead atoms. The van der Waals surface area contributed by atoms with Crippen molar-refractivity contribution in [1.29, 1.82) is 0 Å². The third-order valence-electron chi connectivity index (χ3n) is 7.48. The molecule has 0 spiro atoms. The van der Waals surface area contributed by atoms with Gasteiger partial charge in [0.05, 0.1) is 33.3 Å². The van der Waals surface area contributed by atoms with E-state index in [4.69, 9.17) is 18.9 Å². The van der Waals surface area contributed by atoms with Gasteiger partial charge < -0.3 is 24.1 Å². The summed E-state index contributed by atoms with van der Waals surface area (Å²) in [6, 6.07) is 29.6. The highest BCUT2D eigenvalue weighted by molar-refractivity contribution is 5.70. The maximum Gasteiger partial charge on any atom is 0.161 e. The second-order valence-electron chi connectivity index (χ2n) is 9.75. The molecule has 3 atom stereocenters. The van der Waals surface area contributed by atoms with Crippen molar-refractivity contribution in [3.8, 4) is 11.5 Å². The van der Waals surface area contributed by atoms with E-state index in [-0.39, 0.29) is 6.61 Å². The van der Waals surface area contributed by atoms with Crippen molar-refractivity contribution in [3.63, 3.8) is 0 Å². The quantitative estimate of drug-likeness (QED) is 0.262. The van der Waals surface area contributed by atoms with Crippen molar-refractivity contribution in [3.05, 3.63) is 120 Å². The first-order valence-corrected chi connectivity index (χ1v) is 13.2. The number of pyridine rings is 1. The van der Waals surface area contributed by atoms with E-state index >= 15 is 0 Å². The van der Waals surface area contributed by atoms with Gasteiger partial charge in [0, 0.05) is 12.6 Å². The predicted molar refractivity (Wildman–Crippen MR) is 150 cm³/mol. The number of aliphatic hydroxyl groups excluding tert-OH is 1. The maximum absolute atomic E-state index is 11.1. The molecule has 0 saturated carbocycles. The highest BCUT2D eigenvalue weighted by Gasteiger charge is 2.42. The zero-order chi connectivity index (χ0) is 27.5. The van der Waals surface area contributed by atoms with Crippen molar-refractivity contribution >= 4 is 11.2 Å². The van der Waals surface area contributed by atoms with Crippen molar-refractivity contribution in [2.45, 2.75) is 30.5 Å². The lowest BCUT2D eigenvalue weighted by atomic mass is 9.80. The molecule has 8 heteroatoms. The van der Waals surface area contributed by atoms with E-state index in [0.29, 0.717) is 6.42 Å². The summed E-state index contributed by atoms with van der Waals surface area (Å²) in [6.45, 7) is 0.144. The normalized spacial score (nSPS) is 19.1. The number of ether oxygens (including phenoxy) is 4. The van der Waals surface area contributed by atoms with E-state index in [1.54, 1.807) is 26.7 Å². The minimum Gasteiger partial charge on any atom is -0.497 e. The lowest BCUT2D eigenvalue weighted by Crippen LogP contribution is -2.38. The molecule has 0 radical (unpaired) electrons. The van der Waals surface area contributed by atoms with Crippen LogP contribution in [0.25, 0.3) is 11.2 Å². The lowest BCUT2D eigenvalue weighted by molar-refractivity contribution is -0.0931. The molecule has 8 nitrogen and oxygen atoms in total. The van der Waals surface area contributed by atoms with Gasteiger partial charge in [-0.15, -0.1) is 0 Å². The standard InChI is InChI=1S/C32H31N3O5/c1-37-25-14-10-23(11-15-25)32(22-7-4-3-5-8-22,24-12-16-26(38-2)17-13-24)39-20-29-28(36)19-30(40-29)35-21-34-27-9-6-18-33-31(27)35/h3-18,21,28-30,36H,19-20H2,1-2H3/t28-,29+,30+/m0/s1. The third kappa shape index (κ3) is 4.70. The van der Waals surface area contributed by atoms with Gasteiger partial charge in [0.15, 0.2) is 5.65 Å². The van der Waals surface area contributed by atoms with E-state index in [1.165, 1.54) is 0 Å². The van der Waals surface area contributed by atoms with Crippen molar-refractivity contribution < 1.29 is 24.1 Å². The van der Waals surface area contributed by atoms with E-state index in [0.717, 1.165) is 39.4 Å². The molecule has 3 heterocycles. The highest BCUT2D eigenvalue weighted by atomic mass is 16.6. The second kappa shape index (κ2) is 11.1. The zero-order valence-corrected chi connectivity index (χ0v) is 22.4. The average molecular weight is 538 g/mol. The molecule has 1 aliphatic rings. The van der Waals surface area contributed by atoms with Crippen LogP contribution in [0.2, 0.25) is 0 Å². The minimum absolute atomic E-state index is 0.144. The molecule has 0 unspecified atom stereocenters.